The Balaban J connectivity index is 2.67. The summed E-state index contributed by atoms with van der Waals surface area (Å²) in [5.74, 6) is 0.454. The second-order valence-corrected chi connectivity index (χ2v) is 2.44. The fourth-order valence-electron chi connectivity index (χ4n) is 0.954. The fraction of sp³-hybridized carbons (Fsp3) is 0.571. The summed E-state index contributed by atoms with van der Waals surface area (Å²) in [6.07, 6.45) is 2.61. The molecule has 1 aromatic heterocycles. The summed E-state index contributed by atoms with van der Waals surface area (Å²) in [4.78, 5) is 3.87. The van der Waals surface area contributed by atoms with Crippen molar-refractivity contribution in [3.8, 4) is 0 Å². The Morgan fingerprint density at radius 1 is 1.82 bits per heavy atom. The second kappa shape index (κ2) is 3.48. The Kier molecular flexibility index (Phi) is 2.59. The molecule has 0 radical (unpaired) electrons. The third-order valence-corrected chi connectivity index (χ3v) is 1.56. The highest BCUT2D eigenvalue weighted by atomic mass is 19.1. The number of nitrogens with two attached hydrogens (primary N) is 1. The molecule has 0 aliphatic carbocycles. The van der Waals surface area contributed by atoms with Crippen molar-refractivity contribution in [3.63, 3.8) is 0 Å². The number of alkyl halides is 1. The molecule has 1 rings (SSSR count). The number of hydrogen-bond acceptors (Lipinski definition) is 2. The van der Waals surface area contributed by atoms with Gasteiger partial charge in [0.1, 0.15) is 5.82 Å². The minimum atomic E-state index is -1.03. The molecular weight excluding hydrogens is 145 g/mol. The fourth-order valence-corrected chi connectivity index (χ4v) is 0.954. The summed E-state index contributed by atoms with van der Waals surface area (Å²) >= 11 is 0. The number of nitrogens with zero attached hydrogens (tertiary/aromatic N) is 2. The van der Waals surface area contributed by atoms with Gasteiger partial charge in [0.25, 0.3) is 0 Å². The minimum absolute atomic E-state index is 0.338. The highest BCUT2D eigenvalue weighted by Crippen LogP contribution is 2.17. The van der Waals surface area contributed by atoms with Crippen LogP contribution in [0.1, 0.15) is 18.4 Å². The van der Waals surface area contributed by atoms with Crippen LogP contribution in [0.4, 0.5) is 4.39 Å². The van der Waals surface area contributed by atoms with Crippen LogP contribution in [0.25, 0.3) is 0 Å². The molecule has 1 unspecified atom stereocenters. The van der Waals surface area contributed by atoms with Crippen molar-refractivity contribution >= 4 is 0 Å². The second-order valence-electron chi connectivity index (χ2n) is 2.44. The highest BCUT2D eigenvalue weighted by molar-refractivity contribution is 4.95. The van der Waals surface area contributed by atoms with Gasteiger partial charge in [-0.25, -0.2) is 9.37 Å². The van der Waals surface area contributed by atoms with Crippen LogP contribution in [0.15, 0.2) is 12.4 Å². The quantitative estimate of drug-likeness (QED) is 0.704. The lowest BCUT2D eigenvalue weighted by molar-refractivity contribution is 0.306. The lowest BCUT2D eigenvalue weighted by Gasteiger charge is -2.05. The Bertz CT molecular complexity index is 221. The van der Waals surface area contributed by atoms with Crippen molar-refractivity contribution in [1.29, 1.82) is 0 Å². The molecule has 1 atom stereocenters. The first-order valence-corrected chi connectivity index (χ1v) is 3.57. The van der Waals surface area contributed by atoms with Crippen LogP contribution in [0.5, 0.6) is 0 Å². The monoisotopic (exact) mass is 157 g/mol. The highest BCUT2D eigenvalue weighted by Gasteiger charge is 2.12. The summed E-state index contributed by atoms with van der Waals surface area (Å²) in [5.41, 5.74) is 5.21. The van der Waals surface area contributed by atoms with E-state index in [4.69, 9.17) is 5.73 Å². The van der Waals surface area contributed by atoms with E-state index in [1.807, 2.05) is 0 Å². The Hall–Kier alpha value is -0.900. The van der Waals surface area contributed by atoms with Gasteiger partial charge in [-0.15, -0.1) is 0 Å². The normalized spacial score (nSPS) is 13.4. The van der Waals surface area contributed by atoms with Crippen LogP contribution in [0.3, 0.4) is 0 Å². The molecule has 0 amide bonds. The van der Waals surface area contributed by atoms with E-state index in [0.717, 1.165) is 0 Å². The van der Waals surface area contributed by atoms with Crippen molar-refractivity contribution in [1.82, 2.24) is 9.55 Å². The summed E-state index contributed by atoms with van der Waals surface area (Å²) in [5, 5.41) is 0. The third-order valence-electron chi connectivity index (χ3n) is 1.56. The first kappa shape index (κ1) is 8.20. The van der Waals surface area contributed by atoms with Gasteiger partial charge in [-0.05, 0) is 13.0 Å². The van der Waals surface area contributed by atoms with Crippen LogP contribution in [-0.4, -0.2) is 16.1 Å². The average Bonchev–Trinajstić information content (AvgIpc) is 2.36. The van der Waals surface area contributed by atoms with Crippen LogP contribution in [0.2, 0.25) is 0 Å². The van der Waals surface area contributed by atoms with Crippen LogP contribution in [0, 0.1) is 0 Å². The van der Waals surface area contributed by atoms with Crippen molar-refractivity contribution in [3.05, 3.63) is 18.2 Å². The van der Waals surface area contributed by atoms with Gasteiger partial charge < -0.3 is 10.3 Å². The summed E-state index contributed by atoms with van der Waals surface area (Å²) in [6.45, 7) is 0.355. The Labute approximate surface area is 65.0 Å². The molecule has 0 spiro atoms. The van der Waals surface area contributed by atoms with E-state index in [9.17, 15) is 4.39 Å². The van der Waals surface area contributed by atoms with E-state index in [1.54, 1.807) is 24.0 Å². The molecule has 0 aliphatic rings. The standard InChI is InChI=1S/C7H12FN3/c1-11-5-4-10-7(11)6(8)2-3-9/h4-6H,2-3,9H2,1H3. The molecule has 0 saturated heterocycles. The summed E-state index contributed by atoms with van der Waals surface area (Å²) in [6, 6.07) is 0. The average molecular weight is 157 g/mol. The van der Waals surface area contributed by atoms with E-state index in [-0.39, 0.29) is 0 Å². The number of halogens is 1. The maximum absolute atomic E-state index is 13.1. The molecule has 0 aliphatic heterocycles. The third kappa shape index (κ3) is 1.77. The zero-order valence-electron chi connectivity index (χ0n) is 6.50. The van der Waals surface area contributed by atoms with Gasteiger partial charge in [-0.2, -0.15) is 0 Å². The first-order chi connectivity index (χ1) is 5.25. The maximum atomic E-state index is 13.1. The number of aryl methyl sites for hydroxylation is 1. The number of aromatic nitrogens is 2. The topological polar surface area (TPSA) is 43.8 Å². The van der Waals surface area contributed by atoms with E-state index < -0.39 is 6.17 Å². The molecule has 4 heteroatoms. The SMILES string of the molecule is Cn1ccnc1C(F)CCN. The molecule has 1 heterocycles. The first-order valence-electron chi connectivity index (χ1n) is 3.57. The molecule has 2 N–H and O–H groups in total. The lowest BCUT2D eigenvalue weighted by Crippen LogP contribution is -2.07. The molecule has 1 aromatic rings. The van der Waals surface area contributed by atoms with Crippen LogP contribution < -0.4 is 5.73 Å². The molecule has 3 nitrogen and oxygen atoms in total. The lowest BCUT2D eigenvalue weighted by atomic mass is 10.2. The largest absolute Gasteiger partial charge is 0.336 e. The predicted molar refractivity (Wildman–Crippen MR) is 40.7 cm³/mol. The van der Waals surface area contributed by atoms with Crippen LogP contribution in [-0.2, 0) is 7.05 Å². The molecule has 0 saturated carbocycles. The Morgan fingerprint density at radius 2 is 2.55 bits per heavy atom. The van der Waals surface area contributed by atoms with Crippen molar-refractivity contribution in [2.45, 2.75) is 12.6 Å². The van der Waals surface area contributed by atoms with E-state index in [0.29, 0.717) is 18.8 Å². The molecule has 0 bridgehead atoms. The van der Waals surface area contributed by atoms with Gasteiger partial charge in [-0.1, -0.05) is 0 Å². The van der Waals surface area contributed by atoms with Crippen molar-refractivity contribution in [2.24, 2.45) is 12.8 Å². The summed E-state index contributed by atoms with van der Waals surface area (Å²) < 4.78 is 14.7. The number of rotatable bonds is 3. The summed E-state index contributed by atoms with van der Waals surface area (Å²) in [7, 11) is 1.77. The molecule has 11 heavy (non-hydrogen) atoms. The van der Waals surface area contributed by atoms with Crippen molar-refractivity contribution in [2.75, 3.05) is 6.54 Å². The van der Waals surface area contributed by atoms with Gasteiger partial charge in [0, 0.05) is 19.4 Å². The van der Waals surface area contributed by atoms with E-state index in [1.165, 1.54) is 0 Å². The molecule has 62 valence electrons. The molecule has 0 fully saturated rings. The molecular formula is C7H12FN3. The van der Waals surface area contributed by atoms with Crippen LogP contribution >= 0.6 is 0 Å². The smallest absolute Gasteiger partial charge is 0.159 e. The predicted octanol–water partition coefficient (Wildman–Crippen LogP) is 0.780. The zero-order valence-corrected chi connectivity index (χ0v) is 6.50. The van der Waals surface area contributed by atoms with E-state index in [2.05, 4.69) is 4.98 Å². The van der Waals surface area contributed by atoms with Gasteiger partial charge in [0.15, 0.2) is 6.17 Å². The van der Waals surface area contributed by atoms with Gasteiger partial charge in [0.05, 0.1) is 0 Å². The maximum Gasteiger partial charge on any atom is 0.159 e. The van der Waals surface area contributed by atoms with Gasteiger partial charge in [-0.3, -0.25) is 0 Å². The van der Waals surface area contributed by atoms with E-state index >= 15 is 0 Å². The Morgan fingerprint density at radius 3 is 3.00 bits per heavy atom. The van der Waals surface area contributed by atoms with Gasteiger partial charge in [0.2, 0.25) is 0 Å². The molecule has 0 aromatic carbocycles. The number of hydrogen-bond donors (Lipinski definition) is 1. The minimum Gasteiger partial charge on any atom is -0.336 e. The van der Waals surface area contributed by atoms with Crippen molar-refractivity contribution < 1.29 is 4.39 Å². The zero-order chi connectivity index (χ0) is 8.27. The van der Waals surface area contributed by atoms with Gasteiger partial charge >= 0.3 is 0 Å². The number of imidazole rings is 1.